The lowest BCUT2D eigenvalue weighted by molar-refractivity contribution is -0.121. The molecule has 4 aliphatic rings. The Morgan fingerprint density at radius 3 is 1.64 bits per heavy atom. The fraction of sp³-hybridized carbons (Fsp3) is 0.350. The summed E-state index contributed by atoms with van der Waals surface area (Å²) >= 11 is 0. The molecule has 260 valence electrons. The number of hydrogen-bond acceptors (Lipinski definition) is 4. The number of amides is 2. The number of carbonyl (C=O) groups excluding carboxylic acids is 2. The molecule has 4 aromatic carbocycles. The second-order valence-electron chi connectivity index (χ2n) is 14.0. The zero-order chi connectivity index (χ0) is 35.2. The molecule has 4 aromatic rings. The smallest absolute Gasteiger partial charge is 0.239 e. The molecule has 0 bridgehead atoms. The molecule has 8 rings (SSSR count). The summed E-state index contributed by atoms with van der Waals surface area (Å²) in [6.07, 6.45) is 9.81. The van der Waals surface area contributed by atoms with Crippen LogP contribution >= 0.6 is 0 Å². The van der Waals surface area contributed by atoms with Crippen LogP contribution in [0.3, 0.4) is 0 Å². The van der Waals surface area contributed by atoms with Crippen molar-refractivity contribution in [2.45, 2.75) is 75.0 Å². The fourth-order valence-electron chi connectivity index (χ4n) is 8.90. The summed E-state index contributed by atoms with van der Waals surface area (Å²) in [6.45, 7) is 0. The standard InChI is InChI=1S/C21H21F2NO2.C19H17F2NO2/c22-17-11-10-16-19(18(17)23)24-20(26)21(16,12-13-4-2-1-3-5-13)14-6-8-15(25)9-7-14;20-15-10-9-14-17(16(15)21)22-18(24)19(14,11-3-1-2-4-11)12-5-7-13(23)8-6-12/h6-11,13,25H,1-5,12H2,(H,24,26);5-11,23H,1-4H2,(H,22,24). The van der Waals surface area contributed by atoms with Crippen molar-refractivity contribution in [1.82, 2.24) is 0 Å². The molecule has 0 radical (unpaired) electrons. The van der Waals surface area contributed by atoms with Gasteiger partial charge in [-0.15, -0.1) is 0 Å². The molecule has 2 saturated carbocycles. The number of carbonyl (C=O) groups is 2. The summed E-state index contributed by atoms with van der Waals surface area (Å²) in [7, 11) is 0. The summed E-state index contributed by atoms with van der Waals surface area (Å²) in [4.78, 5) is 26.1. The van der Waals surface area contributed by atoms with E-state index in [0.717, 1.165) is 63.5 Å². The number of phenols is 2. The minimum Gasteiger partial charge on any atom is -0.508 e. The Morgan fingerprint density at radius 1 is 0.580 bits per heavy atom. The first-order valence-corrected chi connectivity index (χ1v) is 17.3. The molecule has 0 saturated heterocycles. The molecule has 2 fully saturated rings. The van der Waals surface area contributed by atoms with Gasteiger partial charge >= 0.3 is 0 Å². The third kappa shape index (κ3) is 5.40. The molecule has 50 heavy (non-hydrogen) atoms. The van der Waals surface area contributed by atoms with E-state index >= 15 is 0 Å². The topological polar surface area (TPSA) is 98.7 Å². The minimum atomic E-state index is -1.06. The minimum absolute atomic E-state index is 0.0214. The van der Waals surface area contributed by atoms with E-state index in [9.17, 15) is 37.4 Å². The molecule has 4 N–H and O–H groups in total. The molecule has 0 spiro atoms. The zero-order valence-corrected chi connectivity index (χ0v) is 27.4. The first kappa shape index (κ1) is 33.6. The van der Waals surface area contributed by atoms with Gasteiger partial charge in [-0.2, -0.15) is 0 Å². The van der Waals surface area contributed by atoms with Gasteiger partial charge in [-0.05, 0) is 89.8 Å². The van der Waals surface area contributed by atoms with Crippen LogP contribution in [0, 0.1) is 35.1 Å². The predicted molar refractivity (Wildman–Crippen MR) is 181 cm³/mol. The van der Waals surface area contributed by atoms with E-state index in [0.29, 0.717) is 34.6 Å². The number of rotatable bonds is 5. The van der Waals surface area contributed by atoms with Gasteiger partial charge in [-0.3, -0.25) is 9.59 Å². The van der Waals surface area contributed by atoms with Crippen molar-refractivity contribution >= 4 is 23.2 Å². The van der Waals surface area contributed by atoms with Gasteiger partial charge in [0.25, 0.3) is 0 Å². The summed E-state index contributed by atoms with van der Waals surface area (Å²) in [6, 6.07) is 18.1. The van der Waals surface area contributed by atoms with Gasteiger partial charge in [0.2, 0.25) is 11.8 Å². The van der Waals surface area contributed by atoms with E-state index in [1.165, 1.54) is 42.8 Å². The lowest BCUT2D eigenvalue weighted by Crippen LogP contribution is -2.42. The second-order valence-corrected chi connectivity index (χ2v) is 14.0. The summed E-state index contributed by atoms with van der Waals surface area (Å²) < 4.78 is 55.9. The number of benzene rings is 4. The number of anilines is 2. The van der Waals surface area contributed by atoms with Crippen molar-refractivity contribution in [3.8, 4) is 11.5 Å². The third-order valence-corrected chi connectivity index (χ3v) is 11.3. The van der Waals surface area contributed by atoms with Gasteiger partial charge in [0, 0.05) is 0 Å². The summed E-state index contributed by atoms with van der Waals surface area (Å²) in [5.41, 5.74) is 0.173. The number of aromatic hydroxyl groups is 2. The lowest BCUT2D eigenvalue weighted by atomic mass is 9.65. The zero-order valence-electron chi connectivity index (χ0n) is 27.4. The van der Waals surface area contributed by atoms with E-state index in [2.05, 4.69) is 10.6 Å². The number of nitrogens with one attached hydrogen (secondary N) is 2. The molecule has 6 nitrogen and oxygen atoms in total. The number of phenolic OH excluding ortho intramolecular Hbond substituents is 2. The average Bonchev–Trinajstić information content (AvgIpc) is 3.83. The first-order chi connectivity index (χ1) is 24.1. The largest absolute Gasteiger partial charge is 0.508 e. The molecule has 2 unspecified atom stereocenters. The van der Waals surface area contributed by atoms with Crippen molar-refractivity contribution in [2.75, 3.05) is 10.6 Å². The van der Waals surface area contributed by atoms with Crippen molar-refractivity contribution in [3.63, 3.8) is 0 Å². The highest BCUT2D eigenvalue weighted by Gasteiger charge is 2.55. The van der Waals surface area contributed by atoms with Crippen molar-refractivity contribution in [2.24, 2.45) is 11.8 Å². The first-order valence-electron chi connectivity index (χ1n) is 17.3. The van der Waals surface area contributed by atoms with Crippen LogP contribution < -0.4 is 10.6 Å². The fourth-order valence-corrected chi connectivity index (χ4v) is 8.90. The van der Waals surface area contributed by atoms with E-state index in [-0.39, 0.29) is 40.6 Å². The van der Waals surface area contributed by atoms with Crippen LogP contribution in [0.1, 0.15) is 86.5 Å². The van der Waals surface area contributed by atoms with Crippen LogP contribution in [0.15, 0.2) is 72.8 Å². The van der Waals surface area contributed by atoms with Gasteiger partial charge < -0.3 is 20.8 Å². The Kier molecular flexibility index (Phi) is 8.82. The van der Waals surface area contributed by atoms with Crippen LogP contribution in [0.25, 0.3) is 0 Å². The van der Waals surface area contributed by atoms with Crippen LogP contribution in [0.4, 0.5) is 28.9 Å². The van der Waals surface area contributed by atoms with Crippen molar-refractivity contribution < 1.29 is 37.4 Å². The molecule has 2 heterocycles. The quantitative estimate of drug-likeness (QED) is 0.158. The molecule has 2 aliphatic heterocycles. The third-order valence-electron chi connectivity index (χ3n) is 11.3. The van der Waals surface area contributed by atoms with E-state index < -0.39 is 34.1 Å². The number of halogens is 4. The monoisotopic (exact) mass is 686 g/mol. The van der Waals surface area contributed by atoms with Crippen LogP contribution in [-0.2, 0) is 20.4 Å². The Hall–Kier alpha value is -4.86. The highest BCUT2D eigenvalue weighted by atomic mass is 19.2. The summed E-state index contributed by atoms with van der Waals surface area (Å²) in [5, 5.41) is 24.4. The predicted octanol–water partition coefficient (Wildman–Crippen LogP) is 8.98. The Morgan fingerprint density at radius 2 is 1.06 bits per heavy atom. The van der Waals surface area contributed by atoms with E-state index in [1.54, 1.807) is 24.3 Å². The maximum Gasteiger partial charge on any atom is 0.239 e. The molecular weight excluding hydrogens is 648 g/mol. The molecular formula is C40H38F4N2O4. The van der Waals surface area contributed by atoms with Gasteiger partial charge in [0.05, 0.1) is 11.4 Å². The number of hydrogen-bond donors (Lipinski definition) is 4. The van der Waals surface area contributed by atoms with Gasteiger partial charge in [0.1, 0.15) is 22.3 Å². The Labute approximate surface area is 287 Å². The molecule has 2 aliphatic carbocycles. The van der Waals surface area contributed by atoms with Crippen LogP contribution in [0.5, 0.6) is 11.5 Å². The molecule has 2 amide bonds. The second kappa shape index (κ2) is 13.1. The molecule has 0 aromatic heterocycles. The maximum absolute atomic E-state index is 14.3. The van der Waals surface area contributed by atoms with Crippen molar-refractivity contribution in [3.05, 3.63) is 118 Å². The van der Waals surface area contributed by atoms with Gasteiger partial charge in [0.15, 0.2) is 23.3 Å². The van der Waals surface area contributed by atoms with Gasteiger partial charge in [-0.1, -0.05) is 81.3 Å². The normalized spacial score (nSPS) is 23.1. The number of fused-ring (bicyclic) bond motifs is 2. The summed E-state index contributed by atoms with van der Waals surface area (Å²) in [5.74, 6) is -4.04. The van der Waals surface area contributed by atoms with E-state index in [1.807, 2.05) is 0 Å². The lowest BCUT2D eigenvalue weighted by Gasteiger charge is -2.34. The average molecular weight is 687 g/mol. The van der Waals surface area contributed by atoms with Crippen LogP contribution in [0.2, 0.25) is 0 Å². The maximum atomic E-state index is 14.3. The van der Waals surface area contributed by atoms with E-state index in [4.69, 9.17) is 0 Å². The SMILES string of the molecule is O=C1Nc2c(ccc(F)c2F)C1(CC1CCCCC1)c1ccc(O)cc1.O=C1Nc2c(ccc(F)c2F)C1(c1ccc(O)cc1)C1CCCC1. The van der Waals surface area contributed by atoms with Crippen molar-refractivity contribution in [1.29, 1.82) is 0 Å². The van der Waals surface area contributed by atoms with Gasteiger partial charge in [-0.25, -0.2) is 17.6 Å². The highest BCUT2D eigenvalue weighted by molar-refractivity contribution is 6.10. The van der Waals surface area contributed by atoms with Crippen LogP contribution in [-0.4, -0.2) is 22.0 Å². The molecule has 10 heteroatoms. The Balaban J connectivity index is 0.000000157. The molecule has 2 atom stereocenters. The Bertz CT molecular complexity index is 1940. The highest BCUT2D eigenvalue weighted by Crippen LogP contribution is 2.54.